The van der Waals surface area contributed by atoms with Gasteiger partial charge in [0.05, 0.1) is 6.42 Å². The number of nitrogens with one attached hydrogen (secondary N) is 3. The number of nitrogens with zero attached hydrogens (tertiary/aromatic N) is 1. The van der Waals surface area contributed by atoms with Crippen LogP contribution in [0.3, 0.4) is 0 Å². The molecular weight excluding hydrogens is 292 g/mol. The molecule has 1 aromatic carbocycles. The van der Waals surface area contributed by atoms with E-state index in [1.54, 1.807) is 0 Å². The predicted molar refractivity (Wildman–Crippen MR) is 89.5 cm³/mol. The number of hydrogen-bond donors (Lipinski definition) is 3. The van der Waals surface area contributed by atoms with Gasteiger partial charge in [-0.05, 0) is 30.9 Å². The summed E-state index contributed by atoms with van der Waals surface area (Å²) in [6.07, 6.45) is 5.35. The first-order chi connectivity index (χ1) is 11.2. The molecule has 1 fully saturated rings. The number of aromatic nitrogens is 2. The summed E-state index contributed by atoms with van der Waals surface area (Å²) >= 11 is 0. The van der Waals surface area contributed by atoms with E-state index in [9.17, 15) is 9.59 Å². The molecule has 122 valence electrons. The summed E-state index contributed by atoms with van der Waals surface area (Å²) in [5.41, 5.74) is 2.53. The topological polar surface area (TPSA) is 81.0 Å². The van der Waals surface area contributed by atoms with E-state index in [2.05, 4.69) is 26.5 Å². The summed E-state index contributed by atoms with van der Waals surface area (Å²) in [7, 11) is 0. The Balaban J connectivity index is 1.62. The Kier molecular flexibility index (Phi) is 4.80. The molecule has 6 heteroatoms. The van der Waals surface area contributed by atoms with Crippen molar-refractivity contribution in [2.24, 2.45) is 0 Å². The zero-order chi connectivity index (χ0) is 16.1. The van der Waals surface area contributed by atoms with Gasteiger partial charge in [0.15, 0.2) is 0 Å². The molecule has 2 heterocycles. The third kappa shape index (κ3) is 3.83. The molecule has 1 amide bonds. The second-order valence-electron chi connectivity index (χ2n) is 5.90. The van der Waals surface area contributed by atoms with Crippen LogP contribution in [0.1, 0.15) is 30.4 Å². The number of amides is 1. The lowest BCUT2D eigenvalue weighted by atomic mass is 10.1. The van der Waals surface area contributed by atoms with Crippen molar-refractivity contribution in [3.63, 3.8) is 0 Å². The van der Waals surface area contributed by atoms with Crippen molar-refractivity contribution in [3.05, 3.63) is 51.9 Å². The summed E-state index contributed by atoms with van der Waals surface area (Å²) in [6.45, 7) is 2.63. The van der Waals surface area contributed by atoms with Crippen LogP contribution in [0.4, 0.5) is 5.69 Å². The van der Waals surface area contributed by atoms with Crippen LogP contribution in [-0.4, -0.2) is 29.2 Å². The molecular formula is C17H22N4O2. The Hall–Kier alpha value is -2.50. The molecule has 0 atom stereocenters. The van der Waals surface area contributed by atoms with Crippen LogP contribution in [0, 0.1) is 0 Å². The Labute approximate surface area is 134 Å². The van der Waals surface area contributed by atoms with Crippen LogP contribution in [0.5, 0.6) is 0 Å². The fourth-order valence-electron chi connectivity index (χ4n) is 3.00. The van der Waals surface area contributed by atoms with Gasteiger partial charge >= 0.3 is 0 Å². The summed E-state index contributed by atoms with van der Waals surface area (Å²) < 4.78 is 0. The molecule has 3 N–H and O–H groups in total. The maximum absolute atomic E-state index is 12.0. The maximum Gasteiger partial charge on any atom is 0.267 e. The monoisotopic (exact) mass is 314 g/mol. The largest absolute Gasteiger partial charge is 0.371 e. The molecule has 6 nitrogen and oxygen atoms in total. The number of anilines is 1. The molecule has 23 heavy (non-hydrogen) atoms. The lowest BCUT2D eigenvalue weighted by molar-refractivity contribution is -0.120. The second kappa shape index (κ2) is 7.17. The number of aromatic amines is 2. The zero-order valence-electron chi connectivity index (χ0n) is 13.1. The number of para-hydroxylation sites is 1. The zero-order valence-corrected chi connectivity index (χ0v) is 13.1. The van der Waals surface area contributed by atoms with Gasteiger partial charge in [-0.15, -0.1) is 0 Å². The summed E-state index contributed by atoms with van der Waals surface area (Å²) in [6, 6.07) is 8.19. The van der Waals surface area contributed by atoms with Crippen LogP contribution in [0.25, 0.3) is 0 Å². The fraction of sp³-hybridized carbons (Fsp3) is 0.412. The number of piperidine rings is 1. The standard InChI is InChI=1S/C17H22N4O2/c22-16(10-14-12-19-20-17(14)23)18-11-13-6-2-3-7-15(13)21-8-4-1-5-9-21/h2-3,6-7,12H,1,4-5,8-11H2,(H,18,22)(H2,19,20,23). The lowest BCUT2D eigenvalue weighted by Gasteiger charge is -2.30. The van der Waals surface area contributed by atoms with Crippen LogP contribution >= 0.6 is 0 Å². The normalized spacial score (nSPS) is 14.7. The first-order valence-corrected chi connectivity index (χ1v) is 8.08. The first kappa shape index (κ1) is 15.4. The lowest BCUT2D eigenvalue weighted by Crippen LogP contribution is -2.32. The highest BCUT2D eigenvalue weighted by Gasteiger charge is 2.14. The van der Waals surface area contributed by atoms with Gasteiger partial charge in [-0.1, -0.05) is 18.2 Å². The average Bonchev–Trinajstić information content (AvgIpc) is 2.99. The van der Waals surface area contributed by atoms with Gasteiger partial charge in [0.1, 0.15) is 0 Å². The average molecular weight is 314 g/mol. The quantitative estimate of drug-likeness (QED) is 0.783. The molecule has 1 saturated heterocycles. The van der Waals surface area contributed by atoms with Gasteiger partial charge < -0.3 is 15.3 Å². The number of rotatable bonds is 5. The molecule has 0 spiro atoms. The van der Waals surface area contributed by atoms with Gasteiger partial charge in [0, 0.05) is 37.1 Å². The molecule has 1 aliphatic rings. The van der Waals surface area contributed by atoms with Gasteiger partial charge in [-0.25, -0.2) is 0 Å². The molecule has 0 unspecified atom stereocenters. The molecule has 0 radical (unpaired) electrons. The Bertz CT molecular complexity index is 713. The highest BCUT2D eigenvalue weighted by atomic mass is 16.2. The highest BCUT2D eigenvalue weighted by Crippen LogP contribution is 2.23. The van der Waals surface area contributed by atoms with Crippen LogP contribution < -0.4 is 15.8 Å². The van der Waals surface area contributed by atoms with Crippen molar-refractivity contribution >= 4 is 11.6 Å². The van der Waals surface area contributed by atoms with Crippen LogP contribution in [0.15, 0.2) is 35.3 Å². The smallest absolute Gasteiger partial charge is 0.267 e. The second-order valence-corrected chi connectivity index (χ2v) is 5.90. The fourth-order valence-corrected chi connectivity index (χ4v) is 3.00. The van der Waals surface area contributed by atoms with Crippen molar-refractivity contribution in [2.75, 3.05) is 18.0 Å². The Morgan fingerprint density at radius 3 is 2.65 bits per heavy atom. The SMILES string of the molecule is O=C(Cc1c[nH][nH]c1=O)NCc1ccccc1N1CCCCC1. The predicted octanol–water partition coefficient (Wildman–Crippen LogP) is 1.55. The summed E-state index contributed by atoms with van der Waals surface area (Å²) in [5.74, 6) is -0.149. The number of hydrogen-bond acceptors (Lipinski definition) is 3. The molecule has 1 aliphatic heterocycles. The minimum absolute atomic E-state index is 0.0880. The van der Waals surface area contributed by atoms with E-state index in [0.29, 0.717) is 12.1 Å². The van der Waals surface area contributed by atoms with Crippen LogP contribution in [0.2, 0.25) is 0 Å². The number of carbonyl (C=O) groups is 1. The van der Waals surface area contributed by atoms with Gasteiger partial charge in [-0.3, -0.25) is 14.7 Å². The molecule has 0 bridgehead atoms. The summed E-state index contributed by atoms with van der Waals surface area (Å²) in [4.78, 5) is 25.8. The minimum Gasteiger partial charge on any atom is -0.371 e. The number of carbonyl (C=O) groups excluding carboxylic acids is 1. The van der Waals surface area contributed by atoms with E-state index in [0.717, 1.165) is 18.7 Å². The van der Waals surface area contributed by atoms with Gasteiger partial charge in [0.2, 0.25) is 5.91 Å². The van der Waals surface area contributed by atoms with Crippen molar-refractivity contribution < 1.29 is 4.79 Å². The molecule has 1 aromatic heterocycles. The van der Waals surface area contributed by atoms with Gasteiger partial charge in [0.25, 0.3) is 5.56 Å². The Morgan fingerprint density at radius 2 is 1.91 bits per heavy atom. The van der Waals surface area contributed by atoms with E-state index in [4.69, 9.17) is 0 Å². The van der Waals surface area contributed by atoms with Crippen LogP contribution in [-0.2, 0) is 17.8 Å². The van der Waals surface area contributed by atoms with Crippen molar-refractivity contribution in [2.45, 2.75) is 32.2 Å². The Morgan fingerprint density at radius 1 is 1.13 bits per heavy atom. The van der Waals surface area contributed by atoms with E-state index < -0.39 is 0 Å². The molecule has 0 saturated carbocycles. The molecule has 0 aliphatic carbocycles. The molecule has 3 rings (SSSR count). The number of H-pyrrole nitrogens is 2. The van der Waals surface area contributed by atoms with E-state index >= 15 is 0 Å². The van der Waals surface area contributed by atoms with Crippen molar-refractivity contribution in [1.29, 1.82) is 0 Å². The summed E-state index contributed by atoms with van der Waals surface area (Å²) in [5, 5.41) is 7.95. The third-order valence-corrected chi connectivity index (χ3v) is 4.24. The maximum atomic E-state index is 12.0. The molecule has 2 aromatic rings. The van der Waals surface area contributed by atoms with Crippen molar-refractivity contribution in [3.8, 4) is 0 Å². The first-order valence-electron chi connectivity index (χ1n) is 8.08. The minimum atomic E-state index is -0.242. The van der Waals surface area contributed by atoms with Crippen molar-refractivity contribution in [1.82, 2.24) is 15.5 Å². The number of benzene rings is 1. The highest BCUT2D eigenvalue weighted by molar-refractivity contribution is 5.78. The van der Waals surface area contributed by atoms with E-state index in [1.807, 2.05) is 18.2 Å². The third-order valence-electron chi connectivity index (χ3n) is 4.24. The van der Waals surface area contributed by atoms with Gasteiger partial charge in [-0.2, -0.15) is 0 Å². The van der Waals surface area contributed by atoms with E-state index in [1.165, 1.54) is 31.1 Å². The van der Waals surface area contributed by atoms with E-state index in [-0.39, 0.29) is 17.9 Å².